The molecule has 2 aromatic rings. The molecule has 0 unspecified atom stereocenters. The summed E-state index contributed by atoms with van der Waals surface area (Å²) in [7, 11) is 0. The molecule has 5 heteroatoms. The van der Waals surface area contributed by atoms with E-state index < -0.39 is 5.60 Å². The molecule has 0 saturated heterocycles. The zero-order valence-corrected chi connectivity index (χ0v) is 15.0. The number of pyridine rings is 1. The number of amides is 1. The van der Waals surface area contributed by atoms with Crippen LogP contribution in [0, 0.1) is 0 Å². The standard InChI is InChI=1S/C20H24N2O3/c1-20(2,3)25-19(23)22-10-9-18-16(13-22)11-15(12-21-18)14-24-17-7-5-4-6-8-17/h4-8,11-12H,9-10,13-14H2,1-3H3. The molecule has 1 aliphatic rings. The van der Waals surface area contributed by atoms with Gasteiger partial charge in [-0.3, -0.25) is 4.98 Å². The molecule has 1 amide bonds. The summed E-state index contributed by atoms with van der Waals surface area (Å²) in [5, 5.41) is 0. The SMILES string of the molecule is CC(C)(C)OC(=O)N1CCc2ncc(COc3ccccc3)cc2C1. The molecule has 1 aromatic carbocycles. The van der Waals surface area contributed by atoms with Gasteiger partial charge in [-0.1, -0.05) is 18.2 Å². The number of fused-ring (bicyclic) bond motifs is 1. The van der Waals surface area contributed by atoms with Crippen LogP contribution in [0.15, 0.2) is 42.6 Å². The molecule has 1 aromatic heterocycles. The third kappa shape index (κ3) is 4.72. The maximum atomic E-state index is 12.3. The maximum absolute atomic E-state index is 12.3. The van der Waals surface area contributed by atoms with Crippen LogP contribution in [0.3, 0.4) is 0 Å². The number of hydrogen-bond acceptors (Lipinski definition) is 4. The highest BCUT2D eigenvalue weighted by Gasteiger charge is 2.26. The fraction of sp³-hybridized carbons (Fsp3) is 0.400. The number of para-hydroxylation sites is 1. The molecule has 0 aliphatic carbocycles. The number of rotatable bonds is 3. The number of carbonyl (C=O) groups is 1. The lowest BCUT2D eigenvalue weighted by Gasteiger charge is -2.31. The van der Waals surface area contributed by atoms with Crippen molar-refractivity contribution in [1.82, 2.24) is 9.88 Å². The summed E-state index contributed by atoms with van der Waals surface area (Å²) in [6.07, 6.45) is 2.32. The van der Waals surface area contributed by atoms with Crippen molar-refractivity contribution >= 4 is 6.09 Å². The molecule has 25 heavy (non-hydrogen) atoms. The van der Waals surface area contributed by atoms with Crippen LogP contribution in [-0.2, 0) is 24.3 Å². The Bertz CT molecular complexity index is 738. The molecule has 2 heterocycles. The van der Waals surface area contributed by atoms with Crippen LogP contribution in [0.2, 0.25) is 0 Å². The van der Waals surface area contributed by atoms with E-state index in [1.165, 1.54) is 0 Å². The predicted octanol–water partition coefficient (Wildman–Crippen LogP) is 3.95. The predicted molar refractivity (Wildman–Crippen MR) is 95.4 cm³/mol. The van der Waals surface area contributed by atoms with Crippen molar-refractivity contribution in [3.05, 3.63) is 59.4 Å². The van der Waals surface area contributed by atoms with Gasteiger partial charge in [0.15, 0.2) is 0 Å². The third-order valence-electron chi connectivity index (χ3n) is 3.90. The largest absolute Gasteiger partial charge is 0.489 e. The summed E-state index contributed by atoms with van der Waals surface area (Å²) in [6, 6.07) is 11.8. The van der Waals surface area contributed by atoms with Crippen molar-refractivity contribution in [2.75, 3.05) is 6.54 Å². The van der Waals surface area contributed by atoms with E-state index in [4.69, 9.17) is 9.47 Å². The van der Waals surface area contributed by atoms with Crippen molar-refractivity contribution in [3.8, 4) is 5.75 Å². The highest BCUT2D eigenvalue weighted by molar-refractivity contribution is 5.68. The molecule has 0 atom stereocenters. The van der Waals surface area contributed by atoms with Gasteiger partial charge in [0.1, 0.15) is 18.0 Å². The molecule has 5 nitrogen and oxygen atoms in total. The average Bonchev–Trinajstić information content (AvgIpc) is 2.58. The fourth-order valence-electron chi connectivity index (χ4n) is 2.72. The van der Waals surface area contributed by atoms with Crippen molar-refractivity contribution in [3.63, 3.8) is 0 Å². The second-order valence-electron chi connectivity index (χ2n) is 7.20. The van der Waals surface area contributed by atoms with Crippen LogP contribution >= 0.6 is 0 Å². The smallest absolute Gasteiger partial charge is 0.410 e. The highest BCUT2D eigenvalue weighted by Crippen LogP contribution is 2.21. The number of ether oxygens (including phenoxy) is 2. The Morgan fingerprint density at radius 3 is 2.72 bits per heavy atom. The maximum Gasteiger partial charge on any atom is 0.410 e. The van der Waals surface area contributed by atoms with Gasteiger partial charge in [0.05, 0.1) is 6.54 Å². The lowest BCUT2D eigenvalue weighted by molar-refractivity contribution is 0.0222. The van der Waals surface area contributed by atoms with Crippen LogP contribution in [0.5, 0.6) is 5.75 Å². The molecule has 0 N–H and O–H groups in total. The number of benzene rings is 1. The first kappa shape index (κ1) is 17.3. The molecule has 3 rings (SSSR count). The Balaban J connectivity index is 1.66. The van der Waals surface area contributed by atoms with Gasteiger partial charge in [0, 0.05) is 30.4 Å². The number of hydrogen-bond donors (Lipinski definition) is 0. The Morgan fingerprint density at radius 1 is 1.24 bits per heavy atom. The molecule has 0 bridgehead atoms. The summed E-state index contributed by atoms with van der Waals surface area (Å²) in [4.78, 5) is 18.6. The average molecular weight is 340 g/mol. The lowest BCUT2D eigenvalue weighted by Crippen LogP contribution is -2.40. The van der Waals surface area contributed by atoms with Crippen molar-refractivity contribution < 1.29 is 14.3 Å². The van der Waals surface area contributed by atoms with Crippen LogP contribution in [0.25, 0.3) is 0 Å². The fourth-order valence-corrected chi connectivity index (χ4v) is 2.72. The molecular weight excluding hydrogens is 316 g/mol. The van der Waals surface area contributed by atoms with Gasteiger partial charge in [0.25, 0.3) is 0 Å². The third-order valence-corrected chi connectivity index (χ3v) is 3.90. The molecule has 1 aliphatic heterocycles. The van der Waals surface area contributed by atoms with E-state index in [1.54, 1.807) is 4.90 Å². The number of aromatic nitrogens is 1. The number of nitrogens with zero attached hydrogens (tertiary/aromatic N) is 2. The monoisotopic (exact) mass is 340 g/mol. The Morgan fingerprint density at radius 2 is 2.00 bits per heavy atom. The Kier molecular flexibility index (Phi) is 4.93. The van der Waals surface area contributed by atoms with E-state index in [0.29, 0.717) is 19.7 Å². The van der Waals surface area contributed by atoms with Crippen molar-refractivity contribution in [2.24, 2.45) is 0 Å². The minimum atomic E-state index is -0.485. The van der Waals surface area contributed by atoms with E-state index in [0.717, 1.165) is 29.0 Å². The second-order valence-corrected chi connectivity index (χ2v) is 7.20. The van der Waals surface area contributed by atoms with Crippen LogP contribution in [-0.4, -0.2) is 28.1 Å². The Hall–Kier alpha value is -2.56. The van der Waals surface area contributed by atoms with E-state index >= 15 is 0 Å². The molecule has 0 spiro atoms. The van der Waals surface area contributed by atoms with E-state index in [1.807, 2.05) is 57.3 Å². The summed E-state index contributed by atoms with van der Waals surface area (Å²) in [5.74, 6) is 0.829. The van der Waals surface area contributed by atoms with Gasteiger partial charge in [-0.25, -0.2) is 4.79 Å². The van der Waals surface area contributed by atoms with Gasteiger partial charge in [-0.2, -0.15) is 0 Å². The first-order valence-electron chi connectivity index (χ1n) is 8.53. The normalized spacial score (nSPS) is 14.0. The first-order chi connectivity index (χ1) is 11.9. The van der Waals surface area contributed by atoms with E-state index in [2.05, 4.69) is 11.1 Å². The zero-order chi connectivity index (χ0) is 17.9. The van der Waals surface area contributed by atoms with Gasteiger partial charge in [-0.15, -0.1) is 0 Å². The van der Waals surface area contributed by atoms with Gasteiger partial charge < -0.3 is 14.4 Å². The van der Waals surface area contributed by atoms with Crippen LogP contribution in [0.1, 0.15) is 37.6 Å². The minimum absolute atomic E-state index is 0.274. The van der Waals surface area contributed by atoms with Crippen LogP contribution < -0.4 is 4.74 Å². The molecule has 0 fully saturated rings. The van der Waals surface area contributed by atoms with E-state index in [9.17, 15) is 4.79 Å². The Labute approximate surface area is 148 Å². The quantitative estimate of drug-likeness (QED) is 0.849. The summed E-state index contributed by atoms with van der Waals surface area (Å²) >= 11 is 0. The second kappa shape index (κ2) is 7.13. The molecule has 0 saturated carbocycles. The molecule has 132 valence electrons. The number of carbonyl (C=O) groups excluding carboxylic acids is 1. The van der Waals surface area contributed by atoms with Crippen LogP contribution in [0.4, 0.5) is 4.79 Å². The van der Waals surface area contributed by atoms with E-state index in [-0.39, 0.29) is 6.09 Å². The molecular formula is C20H24N2O3. The zero-order valence-electron chi connectivity index (χ0n) is 15.0. The summed E-state index contributed by atoms with van der Waals surface area (Å²) in [5.41, 5.74) is 2.62. The first-order valence-corrected chi connectivity index (χ1v) is 8.53. The lowest BCUT2D eigenvalue weighted by atomic mass is 10.0. The van der Waals surface area contributed by atoms with Gasteiger partial charge in [0.2, 0.25) is 0 Å². The highest BCUT2D eigenvalue weighted by atomic mass is 16.6. The summed E-state index contributed by atoms with van der Waals surface area (Å²) in [6.45, 7) is 7.25. The summed E-state index contributed by atoms with van der Waals surface area (Å²) < 4.78 is 11.2. The van der Waals surface area contributed by atoms with Gasteiger partial charge >= 0.3 is 6.09 Å². The minimum Gasteiger partial charge on any atom is -0.489 e. The van der Waals surface area contributed by atoms with Crippen molar-refractivity contribution in [2.45, 2.75) is 45.9 Å². The topological polar surface area (TPSA) is 51.7 Å². The molecule has 0 radical (unpaired) electrons. The van der Waals surface area contributed by atoms with Crippen molar-refractivity contribution in [1.29, 1.82) is 0 Å². The van der Waals surface area contributed by atoms with Gasteiger partial charge in [-0.05, 0) is 44.5 Å².